The fourth-order valence-electron chi connectivity index (χ4n) is 1.45. The van der Waals surface area contributed by atoms with Crippen LogP contribution in [0.15, 0.2) is 18.2 Å². The van der Waals surface area contributed by atoms with Gasteiger partial charge in [-0.3, -0.25) is 0 Å². The molecule has 0 fully saturated rings. The fourth-order valence-corrected chi connectivity index (χ4v) is 2.05. The van der Waals surface area contributed by atoms with Crippen LogP contribution in [0.1, 0.15) is 16.7 Å². The summed E-state index contributed by atoms with van der Waals surface area (Å²) in [5.41, 5.74) is 3.93. The van der Waals surface area contributed by atoms with Crippen molar-refractivity contribution in [3.63, 3.8) is 0 Å². The van der Waals surface area contributed by atoms with Crippen LogP contribution >= 0.6 is 0 Å². The van der Waals surface area contributed by atoms with Gasteiger partial charge in [-0.15, -0.1) is 0 Å². The Labute approximate surface area is 88.2 Å². The van der Waals surface area contributed by atoms with Crippen LogP contribution in [0.25, 0.3) is 0 Å². The number of benzene rings is 1. The number of hydrogen-bond acceptors (Lipinski definition) is 1. The van der Waals surface area contributed by atoms with Gasteiger partial charge in [0, 0.05) is 0 Å². The smallest absolute Gasteiger partial charge is 0.184 e. The molecule has 14 heavy (non-hydrogen) atoms. The molecular formula is C12H20OSi. The highest BCUT2D eigenvalue weighted by Crippen LogP contribution is 2.12. The molecule has 0 atom stereocenters. The monoisotopic (exact) mass is 208 g/mol. The van der Waals surface area contributed by atoms with Crippen molar-refractivity contribution in [1.82, 2.24) is 0 Å². The lowest BCUT2D eigenvalue weighted by molar-refractivity contribution is 0.299. The molecule has 1 aromatic rings. The Hall–Kier alpha value is -0.603. The van der Waals surface area contributed by atoms with E-state index in [0.717, 1.165) is 6.61 Å². The van der Waals surface area contributed by atoms with E-state index in [1.807, 2.05) is 0 Å². The van der Waals surface area contributed by atoms with Gasteiger partial charge >= 0.3 is 0 Å². The van der Waals surface area contributed by atoms with Crippen molar-refractivity contribution < 1.29 is 4.43 Å². The summed E-state index contributed by atoms with van der Waals surface area (Å²) in [6.07, 6.45) is 0. The summed E-state index contributed by atoms with van der Waals surface area (Å²) in [7, 11) is -1.37. The Kier molecular flexibility index (Phi) is 3.51. The first-order chi connectivity index (χ1) is 6.37. The second-order valence-electron chi connectivity index (χ2n) is 4.90. The van der Waals surface area contributed by atoms with Crippen LogP contribution in [0.4, 0.5) is 0 Å². The summed E-state index contributed by atoms with van der Waals surface area (Å²) in [6.45, 7) is 11.7. The third kappa shape index (κ3) is 4.07. The summed E-state index contributed by atoms with van der Waals surface area (Å²) in [4.78, 5) is 0. The molecule has 0 aliphatic carbocycles. The molecule has 0 bridgehead atoms. The third-order valence-electron chi connectivity index (χ3n) is 1.95. The minimum absolute atomic E-state index is 0.762. The quantitative estimate of drug-likeness (QED) is 0.689. The van der Waals surface area contributed by atoms with Gasteiger partial charge in [0.25, 0.3) is 0 Å². The van der Waals surface area contributed by atoms with Crippen molar-refractivity contribution in [3.8, 4) is 0 Å². The van der Waals surface area contributed by atoms with E-state index in [1.165, 1.54) is 16.7 Å². The first-order valence-electron chi connectivity index (χ1n) is 5.08. The summed E-state index contributed by atoms with van der Waals surface area (Å²) in [5.74, 6) is 0. The molecule has 0 amide bonds. The van der Waals surface area contributed by atoms with Gasteiger partial charge in [-0.25, -0.2) is 0 Å². The van der Waals surface area contributed by atoms with Gasteiger partial charge in [0.15, 0.2) is 8.32 Å². The minimum atomic E-state index is -1.37. The molecular weight excluding hydrogens is 188 g/mol. The number of rotatable bonds is 3. The zero-order valence-electron chi connectivity index (χ0n) is 9.85. The zero-order chi connectivity index (χ0) is 10.8. The first kappa shape index (κ1) is 11.5. The van der Waals surface area contributed by atoms with Crippen LogP contribution < -0.4 is 0 Å². The molecule has 0 radical (unpaired) electrons. The standard InChI is InChI=1S/C12H20OSi/c1-10-6-11(2)8-12(7-10)9-13-14(3,4)5/h6-8H,9H2,1-5H3. The highest BCUT2D eigenvalue weighted by molar-refractivity contribution is 6.69. The van der Waals surface area contributed by atoms with Crippen molar-refractivity contribution in [3.05, 3.63) is 34.9 Å². The average molecular weight is 208 g/mol. The molecule has 0 spiro atoms. The largest absolute Gasteiger partial charge is 0.413 e. The molecule has 0 aliphatic rings. The maximum atomic E-state index is 5.86. The SMILES string of the molecule is Cc1cc(C)cc(CO[Si](C)(C)C)c1. The van der Waals surface area contributed by atoms with E-state index in [0.29, 0.717) is 0 Å². The number of aryl methyl sites for hydroxylation is 2. The molecule has 0 heterocycles. The maximum absolute atomic E-state index is 5.86. The van der Waals surface area contributed by atoms with Gasteiger partial charge in [-0.1, -0.05) is 29.3 Å². The van der Waals surface area contributed by atoms with Crippen molar-refractivity contribution in [1.29, 1.82) is 0 Å². The summed E-state index contributed by atoms with van der Waals surface area (Å²) in [5, 5.41) is 0. The Bertz CT molecular complexity index is 292. The molecule has 0 aliphatic heterocycles. The lowest BCUT2D eigenvalue weighted by atomic mass is 10.1. The molecule has 1 rings (SSSR count). The van der Waals surface area contributed by atoms with Crippen LogP contribution in [-0.4, -0.2) is 8.32 Å². The predicted octanol–water partition coefficient (Wildman–Crippen LogP) is 3.65. The third-order valence-corrected chi connectivity index (χ3v) is 2.96. The highest BCUT2D eigenvalue weighted by atomic mass is 28.4. The molecule has 0 saturated carbocycles. The molecule has 1 aromatic carbocycles. The lowest BCUT2D eigenvalue weighted by Crippen LogP contribution is -2.24. The maximum Gasteiger partial charge on any atom is 0.184 e. The van der Waals surface area contributed by atoms with E-state index in [9.17, 15) is 0 Å². The fraction of sp³-hybridized carbons (Fsp3) is 0.500. The van der Waals surface area contributed by atoms with E-state index in [4.69, 9.17) is 4.43 Å². The Morgan fingerprint density at radius 2 is 1.50 bits per heavy atom. The van der Waals surface area contributed by atoms with E-state index in [2.05, 4.69) is 51.7 Å². The van der Waals surface area contributed by atoms with E-state index < -0.39 is 8.32 Å². The zero-order valence-corrected chi connectivity index (χ0v) is 10.8. The molecule has 0 aromatic heterocycles. The minimum Gasteiger partial charge on any atom is -0.413 e. The van der Waals surface area contributed by atoms with Crippen LogP contribution in [-0.2, 0) is 11.0 Å². The van der Waals surface area contributed by atoms with Crippen molar-refractivity contribution in [2.24, 2.45) is 0 Å². The second kappa shape index (κ2) is 4.28. The summed E-state index contributed by atoms with van der Waals surface area (Å²) < 4.78 is 5.86. The molecule has 2 heteroatoms. The van der Waals surface area contributed by atoms with Crippen LogP contribution in [0, 0.1) is 13.8 Å². The average Bonchev–Trinajstić information content (AvgIpc) is 1.97. The normalized spacial score (nSPS) is 11.8. The summed E-state index contributed by atoms with van der Waals surface area (Å²) >= 11 is 0. The van der Waals surface area contributed by atoms with Gasteiger partial charge in [0.2, 0.25) is 0 Å². The molecule has 0 N–H and O–H groups in total. The van der Waals surface area contributed by atoms with Crippen molar-refractivity contribution >= 4 is 8.32 Å². The van der Waals surface area contributed by atoms with Gasteiger partial charge in [-0.05, 0) is 39.1 Å². The molecule has 1 nitrogen and oxygen atoms in total. The Morgan fingerprint density at radius 3 is 1.93 bits per heavy atom. The predicted molar refractivity (Wildman–Crippen MR) is 64.1 cm³/mol. The summed E-state index contributed by atoms with van der Waals surface area (Å²) in [6, 6.07) is 6.60. The second-order valence-corrected chi connectivity index (χ2v) is 9.41. The van der Waals surface area contributed by atoms with Gasteiger partial charge in [0.1, 0.15) is 0 Å². The Morgan fingerprint density at radius 1 is 1.00 bits per heavy atom. The van der Waals surface area contributed by atoms with Crippen LogP contribution in [0.2, 0.25) is 19.6 Å². The van der Waals surface area contributed by atoms with Crippen molar-refractivity contribution in [2.45, 2.75) is 40.1 Å². The van der Waals surface area contributed by atoms with Gasteiger partial charge in [0.05, 0.1) is 6.61 Å². The molecule has 78 valence electrons. The van der Waals surface area contributed by atoms with E-state index in [-0.39, 0.29) is 0 Å². The topological polar surface area (TPSA) is 9.23 Å². The van der Waals surface area contributed by atoms with Crippen LogP contribution in [0.3, 0.4) is 0 Å². The Balaban J connectivity index is 2.68. The van der Waals surface area contributed by atoms with Crippen LogP contribution in [0.5, 0.6) is 0 Å². The molecule has 0 unspecified atom stereocenters. The van der Waals surface area contributed by atoms with Gasteiger partial charge < -0.3 is 4.43 Å². The number of hydrogen-bond donors (Lipinski definition) is 0. The molecule has 0 saturated heterocycles. The van der Waals surface area contributed by atoms with Crippen molar-refractivity contribution in [2.75, 3.05) is 0 Å². The van der Waals surface area contributed by atoms with E-state index >= 15 is 0 Å². The highest BCUT2D eigenvalue weighted by Gasteiger charge is 2.13. The van der Waals surface area contributed by atoms with E-state index in [1.54, 1.807) is 0 Å². The first-order valence-corrected chi connectivity index (χ1v) is 8.49. The lowest BCUT2D eigenvalue weighted by Gasteiger charge is -2.17. The van der Waals surface area contributed by atoms with Gasteiger partial charge in [-0.2, -0.15) is 0 Å².